The molecule has 1 aliphatic heterocycles. The molecule has 128 valence electrons. The number of fused-ring (bicyclic) bond motifs is 1. The van der Waals surface area contributed by atoms with Gasteiger partial charge in [-0.2, -0.15) is 5.10 Å². The lowest BCUT2D eigenvalue weighted by Crippen LogP contribution is -2.40. The van der Waals surface area contributed by atoms with Crippen molar-refractivity contribution in [3.63, 3.8) is 0 Å². The van der Waals surface area contributed by atoms with E-state index in [1.807, 2.05) is 31.2 Å². The Labute approximate surface area is 137 Å². The molecule has 8 heteroatoms. The summed E-state index contributed by atoms with van der Waals surface area (Å²) in [7, 11) is 0. The monoisotopic (exact) mass is 336 g/mol. The van der Waals surface area contributed by atoms with Crippen LogP contribution in [0.1, 0.15) is 18.4 Å². The predicted octanol–water partition coefficient (Wildman–Crippen LogP) is 2.83. The highest BCUT2D eigenvalue weighted by molar-refractivity contribution is 5.88. The molecule has 0 spiro atoms. The second-order valence-electron chi connectivity index (χ2n) is 5.66. The van der Waals surface area contributed by atoms with Crippen LogP contribution < -0.4 is 15.4 Å². The molecule has 0 radical (unpaired) electrons. The third kappa shape index (κ3) is 3.64. The first-order valence-corrected chi connectivity index (χ1v) is 7.64. The average Bonchev–Trinajstić information content (AvgIpc) is 3.13. The number of amides is 2. The smallest absolute Gasteiger partial charge is 0.320 e. The molecule has 0 bridgehead atoms. The molecule has 0 aliphatic carbocycles. The van der Waals surface area contributed by atoms with Gasteiger partial charge in [0.15, 0.2) is 5.82 Å². The normalized spacial score (nSPS) is 17.2. The standard InChI is InChI=1S/C16H18F2N4O2/c1-10(12-9-24-13-5-3-2-4-11(12)13)19-16(23)20-15-6-7-22(21-15)8-14(17)18/h2-7,10,12,14H,8-9H2,1H3,(H2,19,20,21,23)/t10-,12-/m0/s1. The van der Waals surface area contributed by atoms with Gasteiger partial charge in [0, 0.05) is 29.8 Å². The van der Waals surface area contributed by atoms with Crippen molar-refractivity contribution in [2.75, 3.05) is 11.9 Å². The van der Waals surface area contributed by atoms with Crippen LogP contribution >= 0.6 is 0 Å². The van der Waals surface area contributed by atoms with Gasteiger partial charge in [0.2, 0.25) is 0 Å². The molecule has 1 aliphatic rings. The van der Waals surface area contributed by atoms with Gasteiger partial charge >= 0.3 is 6.03 Å². The molecule has 6 nitrogen and oxygen atoms in total. The van der Waals surface area contributed by atoms with E-state index < -0.39 is 19.0 Å². The highest BCUT2D eigenvalue weighted by atomic mass is 19.3. The molecule has 0 fully saturated rings. The van der Waals surface area contributed by atoms with Crippen molar-refractivity contribution in [3.05, 3.63) is 42.1 Å². The number of nitrogens with one attached hydrogen (secondary N) is 2. The van der Waals surface area contributed by atoms with Crippen molar-refractivity contribution in [2.24, 2.45) is 0 Å². The van der Waals surface area contributed by atoms with E-state index in [4.69, 9.17) is 4.74 Å². The van der Waals surface area contributed by atoms with E-state index in [-0.39, 0.29) is 17.8 Å². The van der Waals surface area contributed by atoms with Crippen molar-refractivity contribution < 1.29 is 18.3 Å². The minimum atomic E-state index is -2.49. The number of urea groups is 1. The minimum absolute atomic E-state index is 0.0586. The molecule has 1 aromatic heterocycles. The number of aromatic nitrogens is 2. The maximum absolute atomic E-state index is 12.3. The quantitative estimate of drug-likeness (QED) is 0.882. The fourth-order valence-corrected chi connectivity index (χ4v) is 2.73. The number of halogens is 2. The van der Waals surface area contributed by atoms with Gasteiger partial charge in [-0.05, 0) is 13.0 Å². The Morgan fingerprint density at radius 3 is 3.00 bits per heavy atom. The van der Waals surface area contributed by atoms with Crippen LogP contribution in [0, 0.1) is 0 Å². The lowest BCUT2D eigenvalue weighted by molar-refractivity contribution is 0.122. The fourth-order valence-electron chi connectivity index (χ4n) is 2.73. The van der Waals surface area contributed by atoms with E-state index in [1.54, 1.807) is 0 Å². The summed E-state index contributed by atoms with van der Waals surface area (Å²) < 4.78 is 31.3. The summed E-state index contributed by atoms with van der Waals surface area (Å²) in [6.07, 6.45) is -1.10. The highest BCUT2D eigenvalue weighted by Gasteiger charge is 2.29. The largest absolute Gasteiger partial charge is 0.493 e. The molecule has 24 heavy (non-hydrogen) atoms. The number of alkyl halides is 2. The first kappa shape index (κ1) is 16.2. The number of benzene rings is 1. The number of ether oxygens (including phenoxy) is 1. The zero-order valence-corrected chi connectivity index (χ0v) is 13.1. The number of rotatable bonds is 5. The molecule has 2 amide bonds. The maximum Gasteiger partial charge on any atom is 0.320 e. The molecule has 0 unspecified atom stereocenters. The van der Waals surface area contributed by atoms with Crippen LogP contribution in [0.3, 0.4) is 0 Å². The van der Waals surface area contributed by atoms with E-state index in [0.29, 0.717) is 6.61 Å². The van der Waals surface area contributed by atoms with Gasteiger partial charge in [0.1, 0.15) is 12.3 Å². The number of nitrogens with zero attached hydrogens (tertiary/aromatic N) is 2. The van der Waals surface area contributed by atoms with Gasteiger partial charge in [0.05, 0.1) is 6.61 Å². The molecule has 0 saturated carbocycles. The number of hydrogen-bond acceptors (Lipinski definition) is 3. The molecule has 0 saturated heterocycles. The van der Waals surface area contributed by atoms with Gasteiger partial charge in [-0.1, -0.05) is 18.2 Å². The number of carbonyl (C=O) groups is 1. The van der Waals surface area contributed by atoms with Gasteiger partial charge in [0.25, 0.3) is 6.43 Å². The van der Waals surface area contributed by atoms with Crippen LogP contribution in [0.2, 0.25) is 0 Å². The van der Waals surface area contributed by atoms with Crippen molar-refractivity contribution in [1.29, 1.82) is 0 Å². The van der Waals surface area contributed by atoms with Gasteiger partial charge in [-0.15, -0.1) is 0 Å². The van der Waals surface area contributed by atoms with Crippen LogP contribution in [0.25, 0.3) is 0 Å². The summed E-state index contributed by atoms with van der Waals surface area (Å²) in [6, 6.07) is 8.60. The summed E-state index contributed by atoms with van der Waals surface area (Å²) >= 11 is 0. The Kier molecular flexibility index (Phi) is 4.64. The summed E-state index contributed by atoms with van der Waals surface area (Å²) in [5, 5.41) is 9.25. The molecule has 2 heterocycles. The average molecular weight is 336 g/mol. The summed E-state index contributed by atoms with van der Waals surface area (Å²) in [5.74, 6) is 1.12. The fraction of sp³-hybridized carbons (Fsp3) is 0.375. The van der Waals surface area contributed by atoms with Crippen molar-refractivity contribution >= 4 is 11.8 Å². The third-order valence-corrected chi connectivity index (χ3v) is 3.91. The molecular formula is C16H18F2N4O2. The molecule has 2 aromatic rings. The Morgan fingerprint density at radius 1 is 1.42 bits per heavy atom. The van der Waals surface area contributed by atoms with Crippen molar-refractivity contribution in [2.45, 2.75) is 31.9 Å². The van der Waals surface area contributed by atoms with Crippen molar-refractivity contribution in [1.82, 2.24) is 15.1 Å². The summed E-state index contributed by atoms with van der Waals surface area (Å²) in [6.45, 7) is 1.89. The third-order valence-electron chi connectivity index (χ3n) is 3.91. The molecule has 2 N–H and O–H groups in total. The lowest BCUT2D eigenvalue weighted by Gasteiger charge is -2.19. The zero-order chi connectivity index (χ0) is 17.1. The highest BCUT2D eigenvalue weighted by Crippen LogP contribution is 2.35. The van der Waals surface area contributed by atoms with Gasteiger partial charge < -0.3 is 10.1 Å². The molecular weight excluding hydrogens is 318 g/mol. The first-order chi connectivity index (χ1) is 11.5. The van der Waals surface area contributed by atoms with Gasteiger partial charge in [-0.3, -0.25) is 10.00 Å². The second kappa shape index (κ2) is 6.86. The maximum atomic E-state index is 12.3. The Hall–Kier alpha value is -2.64. The zero-order valence-electron chi connectivity index (χ0n) is 13.1. The van der Waals surface area contributed by atoms with Crippen LogP contribution in [-0.2, 0) is 6.54 Å². The molecule has 2 atom stereocenters. The predicted molar refractivity (Wildman–Crippen MR) is 84.5 cm³/mol. The number of hydrogen-bond donors (Lipinski definition) is 2. The molecule has 3 rings (SSSR count). The summed E-state index contributed by atoms with van der Waals surface area (Å²) in [5.41, 5.74) is 1.06. The van der Waals surface area contributed by atoms with E-state index in [1.165, 1.54) is 12.3 Å². The number of carbonyl (C=O) groups excluding carboxylic acids is 1. The topological polar surface area (TPSA) is 68.2 Å². The Morgan fingerprint density at radius 2 is 2.21 bits per heavy atom. The van der Waals surface area contributed by atoms with E-state index >= 15 is 0 Å². The van der Waals surface area contributed by atoms with Gasteiger partial charge in [-0.25, -0.2) is 13.6 Å². The minimum Gasteiger partial charge on any atom is -0.493 e. The van der Waals surface area contributed by atoms with Crippen molar-refractivity contribution in [3.8, 4) is 5.75 Å². The van der Waals surface area contributed by atoms with E-state index in [0.717, 1.165) is 16.0 Å². The first-order valence-electron chi connectivity index (χ1n) is 7.64. The van der Waals surface area contributed by atoms with E-state index in [2.05, 4.69) is 15.7 Å². The number of para-hydroxylation sites is 1. The Balaban J connectivity index is 1.56. The number of anilines is 1. The molecule has 1 aromatic carbocycles. The lowest BCUT2D eigenvalue weighted by atomic mass is 9.94. The van der Waals surface area contributed by atoms with Crippen LogP contribution in [-0.4, -0.2) is 34.9 Å². The van der Waals surface area contributed by atoms with Crippen LogP contribution in [0.15, 0.2) is 36.5 Å². The second-order valence-corrected chi connectivity index (χ2v) is 5.66. The SMILES string of the molecule is C[C@H](NC(=O)Nc1ccn(CC(F)F)n1)[C@@H]1COc2ccccc21. The van der Waals surface area contributed by atoms with Crippen LogP contribution in [0.5, 0.6) is 5.75 Å². The van der Waals surface area contributed by atoms with Crippen LogP contribution in [0.4, 0.5) is 19.4 Å². The van der Waals surface area contributed by atoms with E-state index in [9.17, 15) is 13.6 Å². The Bertz CT molecular complexity index is 720. The summed E-state index contributed by atoms with van der Waals surface area (Å²) in [4.78, 5) is 12.1.